The second kappa shape index (κ2) is 6.43. The number of nitrogens with one attached hydrogen (secondary N) is 1. The van der Waals surface area contributed by atoms with Crippen LogP contribution in [0.15, 0.2) is 30.3 Å². The van der Waals surface area contributed by atoms with Gasteiger partial charge in [0.1, 0.15) is 5.82 Å². The van der Waals surface area contributed by atoms with Gasteiger partial charge in [0.05, 0.1) is 18.8 Å². The van der Waals surface area contributed by atoms with Crippen molar-refractivity contribution in [1.82, 2.24) is 15.5 Å². The summed E-state index contributed by atoms with van der Waals surface area (Å²) in [5.74, 6) is 0.212. The largest absolute Gasteiger partial charge is 0.480 e. The normalized spacial score (nSPS) is 12.2. The van der Waals surface area contributed by atoms with E-state index in [0.717, 1.165) is 23.4 Å². The number of benzene rings is 1. The number of halogens is 1. The minimum absolute atomic E-state index is 0.187. The van der Waals surface area contributed by atoms with Crippen LogP contribution < -0.4 is 10.1 Å². The molecule has 4 nitrogen and oxygen atoms in total. The van der Waals surface area contributed by atoms with Gasteiger partial charge in [0.15, 0.2) is 0 Å². The van der Waals surface area contributed by atoms with Gasteiger partial charge in [-0.15, -0.1) is 10.2 Å². The molecule has 0 saturated carbocycles. The molecule has 0 aliphatic rings. The van der Waals surface area contributed by atoms with Gasteiger partial charge in [-0.25, -0.2) is 4.39 Å². The molecule has 1 unspecified atom stereocenters. The molecule has 0 fully saturated rings. The number of aromatic nitrogens is 2. The molecule has 1 atom stereocenters. The summed E-state index contributed by atoms with van der Waals surface area (Å²) in [6.45, 7) is 4.61. The first-order valence-corrected chi connectivity index (χ1v) is 6.52. The summed E-state index contributed by atoms with van der Waals surface area (Å²) in [6.07, 6.45) is 0. The van der Waals surface area contributed by atoms with Crippen molar-refractivity contribution in [2.75, 3.05) is 13.7 Å². The van der Waals surface area contributed by atoms with Crippen molar-refractivity contribution in [3.8, 4) is 5.88 Å². The maximum Gasteiger partial charge on any atom is 0.233 e. The van der Waals surface area contributed by atoms with Gasteiger partial charge in [0.2, 0.25) is 5.88 Å². The smallest absolute Gasteiger partial charge is 0.233 e. The van der Waals surface area contributed by atoms with Crippen molar-refractivity contribution in [2.45, 2.75) is 19.9 Å². The topological polar surface area (TPSA) is 47.0 Å². The van der Waals surface area contributed by atoms with Crippen molar-refractivity contribution in [3.63, 3.8) is 0 Å². The van der Waals surface area contributed by atoms with Crippen LogP contribution in [0, 0.1) is 12.7 Å². The predicted octanol–water partition coefficient (Wildman–Crippen LogP) is 2.63. The molecule has 0 spiro atoms. The molecule has 0 aliphatic carbocycles. The third-order valence-electron chi connectivity index (χ3n) is 2.97. The number of rotatable bonds is 5. The van der Waals surface area contributed by atoms with Gasteiger partial charge >= 0.3 is 0 Å². The average Bonchev–Trinajstić information content (AvgIpc) is 2.44. The highest BCUT2D eigenvalue weighted by Crippen LogP contribution is 2.22. The van der Waals surface area contributed by atoms with Crippen molar-refractivity contribution < 1.29 is 9.13 Å². The van der Waals surface area contributed by atoms with E-state index in [2.05, 4.69) is 15.5 Å². The minimum Gasteiger partial charge on any atom is -0.480 e. The molecule has 0 bridgehead atoms. The zero-order chi connectivity index (χ0) is 14.5. The fourth-order valence-electron chi connectivity index (χ4n) is 2.12. The Morgan fingerprint density at radius 3 is 2.60 bits per heavy atom. The van der Waals surface area contributed by atoms with E-state index in [4.69, 9.17) is 4.74 Å². The second-order valence-electron chi connectivity index (χ2n) is 4.55. The molecule has 1 N–H and O–H groups in total. The molecule has 0 amide bonds. The SMILES string of the molecule is CCNC(c1cc(C)cc(F)c1)c1ccc(OC)nn1. The zero-order valence-corrected chi connectivity index (χ0v) is 11.9. The van der Waals surface area contributed by atoms with Crippen molar-refractivity contribution in [1.29, 1.82) is 0 Å². The Morgan fingerprint density at radius 1 is 1.25 bits per heavy atom. The van der Waals surface area contributed by atoms with Crippen LogP contribution in [0.2, 0.25) is 0 Å². The van der Waals surface area contributed by atoms with Gasteiger partial charge < -0.3 is 10.1 Å². The lowest BCUT2D eigenvalue weighted by Gasteiger charge is -2.18. The number of hydrogen-bond donors (Lipinski definition) is 1. The highest BCUT2D eigenvalue weighted by Gasteiger charge is 2.16. The summed E-state index contributed by atoms with van der Waals surface area (Å²) >= 11 is 0. The molecular formula is C15H18FN3O. The Hall–Kier alpha value is -2.01. The number of ether oxygens (including phenoxy) is 1. The Kier molecular flexibility index (Phi) is 4.63. The summed E-state index contributed by atoms with van der Waals surface area (Å²) in [5.41, 5.74) is 2.45. The van der Waals surface area contributed by atoms with Crippen LogP contribution in [0.25, 0.3) is 0 Å². The quantitative estimate of drug-likeness (QED) is 0.911. The molecule has 0 saturated heterocycles. The molecule has 1 aromatic carbocycles. The molecule has 0 aliphatic heterocycles. The maximum absolute atomic E-state index is 13.6. The molecule has 106 valence electrons. The predicted molar refractivity (Wildman–Crippen MR) is 75.2 cm³/mol. The standard InChI is InChI=1S/C15H18FN3O/c1-4-17-15(11-7-10(2)8-12(16)9-11)13-5-6-14(20-3)19-18-13/h5-9,15,17H,4H2,1-3H3. The van der Waals surface area contributed by atoms with Gasteiger partial charge in [-0.3, -0.25) is 0 Å². The van der Waals surface area contributed by atoms with Crippen molar-refractivity contribution in [3.05, 3.63) is 53.0 Å². The number of nitrogens with zero attached hydrogens (tertiary/aromatic N) is 2. The van der Waals surface area contributed by atoms with Gasteiger partial charge in [0.25, 0.3) is 0 Å². The van der Waals surface area contributed by atoms with Crippen molar-refractivity contribution in [2.24, 2.45) is 0 Å². The van der Waals surface area contributed by atoms with Gasteiger partial charge in [0, 0.05) is 6.07 Å². The van der Waals surface area contributed by atoms with E-state index in [9.17, 15) is 4.39 Å². The Balaban J connectivity index is 2.38. The fraction of sp³-hybridized carbons (Fsp3) is 0.333. The first-order chi connectivity index (χ1) is 9.63. The van der Waals surface area contributed by atoms with Gasteiger partial charge in [-0.05, 0) is 42.8 Å². The van der Waals surface area contributed by atoms with Gasteiger partial charge in [-0.2, -0.15) is 0 Å². The lowest BCUT2D eigenvalue weighted by atomic mass is 10.0. The van der Waals surface area contributed by atoms with E-state index in [1.165, 1.54) is 12.1 Å². The maximum atomic E-state index is 13.6. The monoisotopic (exact) mass is 275 g/mol. The molecule has 1 heterocycles. The first kappa shape index (κ1) is 14.4. The Morgan fingerprint density at radius 2 is 2.05 bits per heavy atom. The van der Waals surface area contributed by atoms with Crippen LogP contribution in [-0.4, -0.2) is 23.9 Å². The lowest BCUT2D eigenvalue weighted by Crippen LogP contribution is -2.23. The van der Waals surface area contributed by atoms with Crippen LogP contribution in [0.5, 0.6) is 5.88 Å². The second-order valence-corrected chi connectivity index (χ2v) is 4.55. The third kappa shape index (κ3) is 3.30. The summed E-state index contributed by atoms with van der Waals surface area (Å²) in [5, 5.41) is 11.4. The highest BCUT2D eigenvalue weighted by molar-refractivity contribution is 5.32. The van der Waals surface area contributed by atoms with E-state index in [-0.39, 0.29) is 11.9 Å². The van der Waals surface area contributed by atoms with Crippen LogP contribution in [0.3, 0.4) is 0 Å². The van der Waals surface area contributed by atoms with E-state index < -0.39 is 0 Å². The Labute approximate surface area is 118 Å². The molecule has 2 rings (SSSR count). The molecule has 0 radical (unpaired) electrons. The summed E-state index contributed by atoms with van der Waals surface area (Å²) in [4.78, 5) is 0. The van der Waals surface area contributed by atoms with Gasteiger partial charge in [-0.1, -0.05) is 13.0 Å². The molecule has 1 aromatic heterocycles. The van der Waals surface area contributed by atoms with E-state index in [0.29, 0.717) is 5.88 Å². The third-order valence-corrected chi connectivity index (χ3v) is 2.97. The molecule has 5 heteroatoms. The zero-order valence-electron chi connectivity index (χ0n) is 11.9. The fourth-order valence-corrected chi connectivity index (χ4v) is 2.12. The van der Waals surface area contributed by atoms with E-state index in [1.807, 2.05) is 26.0 Å². The number of aryl methyl sites for hydroxylation is 1. The molecule has 2 aromatic rings. The number of hydrogen-bond acceptors (Lipinski definition) is 4. The highest BCUT2D eigenvalue weighted by atomic mass is 19.1. The van der Waals surface area contributed by atoms with E-state index >= 15 is 0 Å². The first-order valence-electron chi connectivity index (χ1n) is 6.52. The van der Waals surface area contributed by atoms with E-state index in [1.54, 1.807) is 13.2 Å². The lowest BCUT2D eigenvalue weighted by molar-refractivity contribution is 0.390. The van der Waals surface area contributed by atoms with Crippen LogP contribution in [-0.2, 0) is 0 Å². The summed E-state index contributed by atoms with van der Waals surface area (Å²) < 4.78 is 18.6. The van der Waals surface area contributed by atoms with Crippen LogP contribution >= 0.6 is 0 Å². The van der Waals surface area contributed by atoms with Crippen LogP contribution in [0.1, 0.15) is 29.8 Å². The molecular weight excluding hydrogens is 257 g/mol. The average molecular weight is 275 g/mol. The minimum atomic E-state index is -0.246. The van der Waals surface area contributed by atoms with Crippen LogP contribution in [0.4, 0.5) is 4.39 Å². The molecule has 20 heavy (non-hydrogen) atoms. The van der Waals surface area contributed by atoms with Crippen molar-refractivity contribution >= 4 is 0 Å². The summed E-state index contributed by atoms with van der Waals surface area (Å²) in [7, 11) is 1.54. The number of methoxy groups -OCH3 is 1. The Bertz CT molecular complexity index is 552. The summed E-state index contributed by atoms with van der Waals surface area (Å²) in [6, 6.07) is 8.37.